The first-order chi connectivity index (χ1) is 9.94. The molecule has 2 unspecified atom stereocenters. The molecule has 0 aliphatic heterocycles. The number of nitrogens with one attached hydrogen (secondary N) is 1. The molecule has 118 valence electrons. The van der Waals surface area contributed by atoms with Crippen molar-refractivity contribution in [3.8, 4) is 0 Å². The molecule has 0 saturated heterocycles. The summed E-state index contributed by atoms with van der Waals surface area (Å²) in [6.45, 7) is 10.9. The quantitative estimate of drug-likeness (QED) is 0.794. The lowest BCUT2D eigenvalue weighted by Gasteiger charge is -2.24. The third kappa shape index (κ3) is 5.68. The van der Waals surface area contributed by atoms with E-state index in [1.807, 2.05) is 12.1 Å². The van der Waals surface area contributed by atoms with E-state index in [1.165, 1.54) is 6.42 Å². The van der Waals surface area contributed by atoms with Gasteiger partial charge in [0, 0.05) is 5.54 Å². The summed E-state index contributed by atoms with van der Waals surface area (Å²) in [6.07, 6.45) is 6.87. The molecule has 21 heavy (non-hydrogen) atoms. The Morgan fingerprint density at radius 2 is 1.90 bits per heavy atom. The van der Waals surface area contributed by atoms with E-state index >= 15 is 0 Å². The summed E-state index contributed by atoms with van der Waals surface area (Å²) in [5.41, 5.74) is 0.105. The zero-order valence-electron chi connectivity index (χ0n) is 13.8. The summed E-state index contributed by atoms with van der Waals surface area (Å²) in [6, 6.07) is 4.05. The van der Waals surface area contributed by atoms with Crippen molar-refractivity contribution in [2.75, 3.05) is 6.61 Å². The lowest BCUT2D eigenvalue weighted by atomic mass is 9.85. The van der Waals surface area contributed by atoms with Crippen molar-refractivity contribution < 1.29 is 9.15 Å². The Labute approximate surface area is 128 Å². The first-order valence-electron chi connectivity index (χ1n) is 7.99. The van der Waals surface area contributed by atoms with Gasteiger partial charge in [-0.25, -0.2) is 0 Å². The normalized spacial score (nSPS) is 22.7. The lowest BCUT2D eigenvalue weighted by molar-refractivity contribution is 0.0577. The molecule has 0 amide bonds. The van der Waals surface area contributed by atoms with Gasteiger partial charge < -0.3 is 14.5 Å². The van der Waals surface area contributed by atoms with Crippen molar-refractivity contribution in [3.05, 3.63) is 35.8 Å². The first-order valence-corrected chi connectivity index (χ1v) is 7.99. The molecule has 0 fully saturated rings. The maximum atomic E-state index is 5.84. The molecule has 1 heterocycles. The lowest BCUT2D eigenvalue weighted by Crippen LogP contribution is -2.34. The summed E-state index contributed by atoms with van der Waals surface area (Å²) in [7, 11) is 0. The minimum Gasteiger partial charge on any atom is -0.462 e. The fourth-order valence-electron chi connectivity index (χ4n) is 2.50. The summed E-state index contributed by atoms with van der Waals surface area (Å²) in [4.78, 5) is 0. The van der Waals surface area contributed by atoms with Crippen LogP contribution in [0.2, 0.25) is 0 Å². The van der Waals surface area contributed by atoms with Gasteiger partial charge in [-0.3, -0.25) is 0 Å². The van der Waals surface area contributed by atoms with E-state index < -0.39 is 0 Å². The third-order valence-corrected chi connectivity index (χ3v) is 4.00. The van der Waals surface area contributed by atoms with Crippen LogP contribution in [0.25, 0.3) is 0 Å². The molecule has 1 aliphatic carbocycles. The van der Waals surface area contributed by atoms with Gasteiger partial charge in [-0.15, -0.1) is 0 Å². The van der Waals surface area contributed by atoms with E-state index in [9.17, 15) is 0 Å². The molecule has 1 aliphatic rings. The SMILES string of the molecule is CC1CC=CCC1COCc1ccc(CNC(C)(C)C)o1. The second-order valence-electron chi connectivity index (χ2n) is 7.17. The van der Waals surface area contributed by atoms with Crippen molar-refractivity contribution >= 4 is 0 Å². The van der Waals surface area contributed by atoms with Crippen LogP contribution < -0.4 is 5.32 Å². The Bertz CT molecular complexity index is 456. The van der Waals surface area contributed by atoms with Crippen LogP contribution >= 0.6 is 0 Å². The van der Waals surface area contributed by atoms with Crippen LogP contribution in [-0.4, -0.2) is 12.1 Å². The van der Waals surface area contributed by atoms with Crippen molar-refractivity contribution in [3.63, 3.8) is 0 Å². The molecule has 2 atom stereocenters. The highest BCUT2D eigenvalue weighted by atomic mass is 16.5. The fraction of sp³-hybridized carbons (Fsp3) is 0.667. The van der Waals surface area contributed by atoms with Crippen molar-refractivity contribution in [2.24, 2.45) is 11.8 Å². The van der Waals surface area contributed by atoms with E-state index in [-0.39, 0.29) is 5.54 Å². The highest BCUT2D eigenvalue weighted by molar-refractivity contribution is 5.06. The van der Waals surface area contributed by atoms with Crippen LogP contribution in [0.15, 0.2) is 28.7 Å². The number of allylic oxidation sites excluding steroid dienone is 2. The number of hydrogen-bond acceptors (Lipinski definition) is 3. The maximum Gasteiger partial charge on any atom is 0.129 e. The highest BCUT2D eigenvalue weighted by Crippen LogP contribution is 2.25. The Balaban J connectivity index is 1.71. The van der Waals surface area contributed by atoms with Crippen molar-refractivity contribution in [1.29, 1.82) is 0 Å². The van der Waals surface area contributed by atoms with E-state index in [4.69, 9.17) is 9.15 Å². The van der Waals surface area contributed by atoms with Crippen LogP contribution in [0.5, 0.6) is 0 Å². The largest absolute Gasteiger partial charge is 0.462 e. The molecule has 0 radical (unpaired) electrons. The van der Waals surface area contributed by atoms with Crippen LogP contribution in [0.4, 0.5) is 0 Å². The Morgan fingerprint density at radius 1 is 1.19 bits per heavy atom. The summed E-state index contributed by atoms with van der Waals surface area (Å²) < 4.78 is 11.6. The smallest absolute Gasteiger partial charge is 0.129 e. The molecule has 3 nitrogen and oxygen atoms in total. The second-order valence-corrected chi connectivity index (χ2v) is 7.17. The van der Waals surface area contributed by atoms with Gasteiger partial charge in [0.1, 0.15) is 18.1 Å². The third-order valence-electron chi connectivity index (χ3n) is 4.00. The summed E-state index contributed by atoms with van der Waals surface area (Å²) in [5.74, 6) is 3.25. The molecule has 3 heteroatoms. The van der Waals surface area contributed by atoms with Gasteiger partial charge in [-0.2, -0.15) is 0 Å². The Kier molecular flexibility index (Phi) is 5.65. The number of hydrogen-bond donors (Lipinski definition) is 1. The number of furan rings is 1. The molecule has 0 spiro atoms. The summed E-state index contributed by atoms with van der Waals surface area (Å²) >= 11 is 0. The van der Waals surface area contributed by atoms with E-state index in [1.54, 1.807) is 0 Å². The van der Waals surface area contributed by atoms with E-state index in [0.717, 1.165) is 37.0 Å². The minimum absolute atomic E-state index is 0.105. The fourth-order valence-corrected chi connectivity index (χ4v) is 2.50. The van der Waals surface area contributed by atoms with Crippen LogP contribution in [0, 0.1) is 11.8 Å². The molecule has 0 aromatic carbocycles. The van der Waals surface area contributed by atoms with Gasteiger partial charge in [-0.1, -0.05) is 19.1 Å². The van der Waals surface area contributed by atoms with E-state index in [2.05, 4.69) is 45.2 Å². The maximum absolute atomic E-state index is 5.84. The van der Waals surface area contributed by atoms with Crippen LogP contribution in [0.1, 0.15) is 52.1 Å². The van der Waals surface area contributed by atoms with Crippen LogP contribution in [0.3, 0.4) is 0 Å². The monoisotopic (exact) mass is 291 g/mol. The topological polar surface area (TPSA) is 34.4 Å². The number of ether oxygens (including phenoxy) is 1. The second kappa shape index (κ2) is 7.28. The molecule has 0 bridgehead atoms. The van der Waals surface area contributed by atoms with Gasteiger partial charge in [0.2, 0.25) is 0 Å². The number of rotatable bonds is 6. The van der Waals surface area contributed by atoms with Crippen molar-refractivity contribution in [2.45, 2.75) is 59.2 Å². The molecular formula is C18H29NO2. The minimum atomic E-state index is 0.105. The highest BCUT2D eigenvalue weighted by Gasteiger charge is 2.18. The van der Waals surface area contributed by atoms with Crippen LogP contribution in [-0.2, 0) is 17.9 Å². The standard InChI is InChI=1S/C18H29NO2/c1-14-7-5-6-8-15(14)12-20-13-17-10-9-16(21-17)11-19-18(2,3)4/h5-6,9-10,14-15,19H,7-8,11-13H2,1-4H3. The average molecular weight is 291 g/mol. The molecule has 1 N–H and O–H groups in total. The zero-order chi connectivity index (χ0) is 15.3. The summed E-state index contributed by atoms with van der Waals surface area (Å²) in [5, 5.41) is 3.42. The first kappa shape index (κ1) is 16.3. The average Bonchev–Trinajstić information content (AvgIpc) is 2.86. The van der Waals surface area contributed by atoms with Gasteiger partial charge in [0.25, 0.3) is 0 Å². The molecule has 0 saturated carbocycles. The zero-order valence-corrected chi connectivity index (χ0v) is 13.8. The van der Waals surface area contributed by atoms with Gasteiger partial charge in [0.15, 0.2) is 0 Å². The van der Waals surface area contributed by atoms with Gasteiger partial charge in [-0.05, 0) is 57.6 Å². The van der Waals surface area contributed by atoms with Gasteiger partial charge in [0.05, 0.1) is 13.2 Å². The van der Waals surface area contributed by atoms with E-state index in [0.29, 0.717) is 12.5 Å². The Hall–Kier alpha value is -1.06. The van der Waals surface area contributed by atoms with Crippen molar-refractivity contribution in [1.82, 2.24) is 5.32 Å². The predicted molar refractivity (Wildman–Crippen MR) is 86.0 cm³/mol. The molecule has 1 aromatic heterocycles. The predicted octanol–water partition coefficient (Wildman–Crippen LogP) is 4.29. The van der Waals surface area contributed by atoms with Gasteiger partial charge >= 0.3 is 0 Å². The molecule has 1 aromatic rings. The Morgan fingerprint density at radius 3 is 2.62 bits per heavy atom. The molecule has 2 rings (SSSR count). The molecular weight excluding hydrogens is 262 g/mol.